The maximum atomic E-state index is 12.2. The largest absolute Gasteiger partial charge is 0.487 e. The van der Waals surface area contributed by atoms with Crippen molar-refractivity contribution >= 4 is 6.03 Å². The molecule has 0 saturated carbocycles. The average Bonchev–Trinajstić information content (AvgIpc) is 2.51. The number of carbonyl (C=O) groups is 1. The number of hydrogen-bond donors (Lipinski definition) is 3. The zero-order valence-electron chi connectivity index (χ0n) is 14.5. The first-order valence-electron chi connectivity index (χ1n) is 8.33. The van der Waals surface area contributed by atoms with Crippen LogP contribution in [0.5, 0.6) is 5.75 Å². The predicted octanol–water partition coefficient (Wildman–Crippen LogP) is 3.14. The number of amides is 2. The lowest BCUT2D eigenvalue weighted by molar-refractivity contribution is 0.0342. The van der Waals surface area contributed by atoms with Gasteiger partial charge in [0.05, 0.1) is 11.6 Å². The van der Waals surface area contributed by atoms with Crippen LogP contribution in [-0.4, -0.2) is 28.9 Å². The summed E-state index contributed by atoms with van der Waals surface area (Å²) >= 11 is 0. The summed E-state index contributed by atoms with van der Waals surface area (Å²) in [5.41, 5.74) is -0.187. The van der Waals surface area contributed by atoms with Crippen LogP contribution in [0.15, 0.2) is 24.3 Å². The molecule has 1 atom stereocenters. The average molecular weight is 320 g/mol. The Kier molecular flexibility index (Phi) is 5.19. The molecular formula is C18H28N2O3. The van der Waals surface area contributed by atoms with E-state index in [0.717, 1.165) is 11.3 Å². The van der Waals surface area contributed by atoms with Crippen molar-refractivity contribution < 1.29 is 14.6 Å². The van der Waals surface area contributed by atoms with Crippen LogP contribution in [0.2, 0.25) is 0 Å². The Hall–Kier alpha value is -1.75. The number of ether oxygens (including phenoxy) is 1. The summed E-state index contributed by atoms with van der Waals surface area (Å²) in [4.78, 5) is 12.2. The first-order chi connectivity index (χ1) is 10.8. The maximum Gasteiger partial charge on any atom is 0.315 e. The Morgan fingerprint density at radius 1 is 1.35 bits per heavy atom. The van der Waals surface area contributed by atoms with Gasteiger partial charge in [0.25, 0.3) is 0 Å². The van der Waals surface area contributed by atoms with Crippen molar-refractivity contribution in [3.63, 3.8) is 0 Å². The van der Waals surface area contributed by atoms with Gasteiger partial charge in [0, 0.05) is 18.5 Å². The molecule has 1 aromatic rings. The van der Waals surface area contributed by atoms with Crippen LogP contribution in [0.25, 0.3) is 0 Å². The van der Waals surface area contributed by atoms with Crippen molar-refractivity contribution in [2.75, 3.05) is 6.54 Å². The zero-order valence-corrected chi connectivity index (χ0v) is 14.5. The molecular weight excluding hydrogens is 292 g/mol. The molecule has 0 saturated heterocycles. The van der Waals surface area contributed by atoms with Gasteiger partial charge in [-0.1, -0.05) is 32.0 Å². The van der Waals surface area contributed by atoms with Crippen molar-refractivity contribution in [2.45, 2.75) is 64.2 Å². The highest BCUT2D eigenvalue weighted by Gasteiger charge is 2.34. The number of rotatable bonds is 5. The van der Waals surface area contributed by atoms with E-state index in [2.05, 4.69) is 10.6 Å². The van der Waals surface area contributed by atoms with E-state index in [1.54, 1.807) is 0 Å². The Morgan fingerprint density at radius 2 is 2.00 bits per heavy atom. The molecule has 0 aromatic heterocycles. The summed E-state index contributed by atoms with van der Waals surface area (Å²) in [5, 5.41) is 16.1. The molecule has 3 N–H and O–H groups in total. The summed E-state index contributed by atoms with van der Waals surface area (Å²) in [7, 11) is 0. The first kappa shape index (κ1) is 17.6. The summed E-state index contributed by atoms with van der Waals surface area (Å²) in [6.07, 6.45) is 1.91. The predicted molar refractivity (Wildman–Crippen MR) is 90.6 cm³/mol. The van der Waals surface area contributed by atoms with Gasteiger partial charge in [0.2, 0.25) is 0 Å². The Bertz CT molecular complexity index is 553. The number of nitrogens with one attached hydrogen (secondary N) is 2. The van der Waals surface area contributed by atoms with E-state index in [9.17, 15) is 9.90 Å². The SMILES string of the molecule is CCC(O)(CC)CNC(=O)NC1CC(C)(C)Oc2ccccc21. The minimum atomic E-state index is -0.843. The van der Waals surface area contributed by atoms with Crippen LogP contribution in [-0.2, 0) is 0 Å². The zero-order chi connectivity index (χ0) is 17.1. The second-order valence-electron chi connectivity index (χ2n) is 6.91. The Balaban J connectivity index is 2.03. The molecule has 1 aliphatic heterocycles. The lowest BCUT2D eigenvalue weighted by Gasteiger charge is -2.38. The van der Waals surface area contributed by atoms with Crippen LogP contribution in [0.4, 0.5) is 4.79 Å². The molecule has 0 radical (unpaired) electrons. The minimum Gasteiger partial charge on any atom is -0.487 e. The van der Waals surface area contributed by atoms with Gasteiger partial charge in [-0.3, -0.25) is 0 Å². The second kappa shape index (κ2) is 6.79. The van der Waals surface area contributed by atoms with Crippen molar-refractivity contribution in [2.24, 2.45) is 0 Å². The standard InChI is InChI=1S/C18H28N2O3/c1-5-18(22,6-2)12-19-16(21)20-14-11-17(3,4)23-15-10-8-7-9-13(14)15/h7-10,14,22H,5-6,11-12H2,1-4H3,(H2,19,20,21). The highest BCUT2D eigenvalue weighted by molar-refractivity contribution is 5.74. The fraction of sp³-hybridized carbons (Fsp3) is 0.611. The summed E-state index contributed by atoms with van der Waals surface area (Å²) in [6, 6.07) is 7.41. The van der Waals surface area contributed by atoms with Crippen LogP contribution >= 0.6 is 0 Å². The lowest BCUT2D eigenvalue weighted by Crippen LogP contribution is -2.48. The van der Waals surface area contributed by atoms with Crippen LogP contribution in [0.3, 0.4) is 0 Å². The van der Waals surface area contributed by atoms with Gasteiger partial charge in [-0.2, -0.15) is 0 Å². The molecule has 5 heteroatoms. The third-order valence-corrected chi connectivity index (χ3v) is 4.58. The number of fused-ring (bicyclic) bond motifs is 1. The molecule has 1 aliphatic rings. The number of urea groups is 1. The normalized spacial score (nSPS) is 19.4. The molecule has 1 heterocycles. The maximum absolute atomic E-state index is 12.2. The van der Waals surface area contributed by atoms with E-state index in [-0.39, 0.29) is 24.2 Å². The fourth-order valence-corrected chi connectivity index (χ4v) is 2.89. The molecule has 0 fully saturated rings. The molecule has 2 amide bonds. The number of benzene rings is 1. The van der Waals surface area contributed by atoms with E-state index in [0.29, 0.717) is 19.3 Å². The van der Waals surface area contributed by atoms with Gasteiger partial charge >= 0.3 is 6.03 Å². The number of aliphatic hydroxyl groups is 1. The highest BCUT2D eigenvalue weighted by atomic mass is 16.5. The topological polar surface area (TPSA) is 70.6 Å². The van der Waals surface area contributed by atoms with Gasteiger partial charge < -0.3 is 20.5 Å². The van der Waals surface area contributed by atoms with E-state index < -0.39 is 5.60 Å². The van der Waals surface area contributed by atoms with Crippen molar-refractivity contribution in [1.82, 2.24) is 10.6 Å². The molecule has 2 rings (SSSR count). The summed E-state index contributed by atoms with van der Waals surface area (Å²) in [5.74, 6) is 0.813. The fourth-order valence-electron chi connectivity index (χ4n) is 2.89. The third-order valence-electron chi connectivity index (χ3n) is 4.58. The molecule has 1 unspecified atom stereocenters. The monoisotopic (exact) mass is 320 g/mol. The van der Waals surface area contributed by atoms with Gasteiger partial charge in [-0.15, -0.1) is 0 Å². The van der Waals surface area contributed by atoms with Gasteiger partial charge in [-0.05, 0) is 32.8 Å². The van der Waals surface area contributed by atoms with Crippen LogP contribution < -0.4 is 15.4 Å². The molecule has 0 aliphatic carbocycles. The molecule has 1 aromatic carbocycles. The van der Waals surface area contributed by atoms with E-state index in [1.807, 2.05) is 52.0 Å². The van der Waals surface area contributed by atoms with E-state index in [1.165, 1.54) is 0 Å². The quantitative estimate of drug-likeness (QED) is 0.780. The second-order valence-corrected chi connectivity index (χ2v) is 6.91. The van der Waals surface area contributed by atoms with Gasteiger partial charge in [-0.25, -0.2) is 4.79 Å². The molecule has 128 valence electrons. The van der Waals surface area contributed by atoms with E-state index in [4.69, 9.17) is 4.74 Å². The Morgan fingerprint density at radius 3 is 2.65 bits per heavy atom. The summed E-state index contributed by atoms with van der Waals surface area (Å²) < 4.78 is 5.97. The van der Waals surface area contributed by atoms with Crippen LogP contribution in [0, 0.1) is 0 Å². The van der Waals surface area contributed by atoms with Gasteiger partial charge in [0.1, 0.15) is 11.4 Å². The molecule has 0 spiro atoms. The molecule has 23 heavy (non-hydrogen) atoms. The van der Waals surface area contributed by atoms with Crippen molar-refractivity contribution in [3.8, 4) is 5.75 Å². The van der Waals surface area contributed by atoms with Gasteiger partial charge in [0.15, 0.2) is 0 Å². The number of carbonyl (C=O) groups excluding carboxylic acids is 1. The molecule has 0 bridgehead atoms. The molecule has 5 nitrogen and oxygen atoms in total. The summed E-state index contributed by atoms with van der Waals surface area (Å²) in [6.45, 7) is 8.12. The van der Waals surface area contributed by atoms with Crippen molar-refractivity contribution in [1.29, 1.82) is 0 Å². The number of hydrogen-bond acceptors (Lipinski definition) is 3. The third kappa shape index (κ3) is 4.38. The van der Waals surface area contributed by atoms with Crippen molar-refractivity contribution in [3.05, 3.63) is 29.8 Å². The smallest absolute Gasteiger partial charge is 0.315 e. The Labute approximate surface area is 138 Å². The highest BCUT2D eigenvalue weighted by Crippen LogP contribution is 2.39. The lowest BCUT2D eigenvalue weighted by atomic mass is 9.90. The minimum absolute atomic E-state index is 0.105. The first-order valence-corrected chi connectivity index (χ1v) is 8.33. The number of para-hydroxylation sites is 1. The van der Waals surface area contributed by atoms with E-state index >= 15 is 0 Å². The van der Waals surface area contributed by atoms with Crippen LogP contribution in [0.1, 0.15) is 58.6 Å².